The molecule has 0 saturated heterocycles. The van der Waals surface area contributed by atoms with E-state index in [1.54, 1.807) is 18.2 Å². The minimum atomic E-state index is -0.528. The van der Waals surface area contributed by atoms with Gasteiger partial charge in [0.15, 0.2) is 5.76 Å². The number of hydrogen-bond donors (Lipinski definition) is 0. The summed E-state index contributed by atoms with van der Waals surface area (Å²) in [5.41, 5.74) is 0.500. The molecule has 0 aliphatic rings. The van der Waals surface area contributed by atoms with Crippen LogP contribution in [0.4, 0.5) is 4.79 Å². The van der Waals surface area contributed by atoms with Crippen LogP contribution >= 0.6 is 0 Å². The molecule has 0 aliphatic heterocycles. The summed E-state index contributed by atoms with van der Waals surface area (Å²) >= 11 is 0. The predicted octanol–water partition coefficient (Wildman–Crippen LogP) is 2.32. The number of furan rings is 1. The van der Waals surface area contributed by atoms with E-state index in [0.717, 1.165) is 0 Å². The number of carbonyl (C=O) groups is 1. The predicted molar refractivity (Wildman–Crippen MR) is 62.0 cm³/mol. The number of rotatable bonds is 3. The van der Waals surface area contributed by atoms with Gasteiger partial charge >= 0.3 is 6.09 Å². The van der Waals surface area contributed by atoms with Gasteiger partial charge in [-0.2, -0.15) is 0 Å². The molecule has 0 spiro atoms. The fourth-order valence-electron chi connectivity index (χ4n) is 1.49. The van der Waals surface area contributed by atoms with Crippen LogP contribution in [0.5, 0.6) is 0 Å². The average Bonchev–Trinajstić information content (AvgIpc) is 3.14. The van der Waals surface area contributed by atoms with Gasteiger partial charge in [-0.25, -0.2) is 14.3 Å². The van der Waals surface area contributed by atoms with Crippen molar-refractivity contribution in [2.45, 2.75) is 6.61 Å². The van der Waals surface area contributed by atoms with Crippen LogP contribution in [0.2, 0.25) is 0 Å². The van der Waals surface area contributed by atoms with Crippen LogP contribution in [0.1, 0.15) is 5.69 Å². The molecule has 0 aliphatic carbocycles. The van der Waals surface area contributed by atoms with Gasteiger partial charge in [0, 0.05) is 18.5 Å². The van der Waals surface area contributed by atoms with Crippen LogP contribution in [0.25, 0.3) is 11.5 Å². The molecule has 96 valence electrons. The van der Waals surface area contributed by atoms with E-state index in [4.69, 9.17) is 13.7 Å². The van der Waals surface area contributed by atoms with Crippen LogP contribution in [0.15, 0.2) is 52.1 Å². The number of imidazole rings is 1. The van der Waals surface area contributed by atoms with Crippen molar-refractivity contribution in [2.24, 2.45) is 0 Å². The summed E-state index contributed by atoms with van der Waals surface area (Å²) in [7, 11) is 0. The third-order valence-corrected chi connectivity index (χ3v) is 2.38. The van der Waals surface area contributed by atoms with E-state index in [2.05, 4.69) is 10.1 Å². The fourth-order valence-corrected chi connectivity index (χ4v) is 1.49. The van der Waals surface area contributed by atoms with Crippen molar-refractivity contribution >= 4 is 6.09 Å². The largest absolute Gasteiger partial charge is 0.461 e. The first-order valence-corrected chi connectivity index (χ1v) is 5.47. The highest BCUT2D eigenvalue weighted by atomic mass is 16.6. The maximum atomic E-state index is 11.5. The zero-order valence-electron chi connectivity index (χ0n) is 9.72. The normalized spacial score (nSPS) is 10.5. The van der Waals surface area contributed by atoms with E-state index < -0.39 is 6.09 Å². The third-order valence-electron chi connectivity index (χ3n) is 2.38. The molecule has 0 bridgehead atoms. The first-order chi connectivity index (χ1) is 9.33. The van der Waals surface area contributed by atoms with Gasteiger partial charge in [0.2, 0.25) is 5.76 Å². The van der Waals surface area contributed by atoms with Crippen LogP contribution < -0.4 is 0 Å². The van der Waals surface area contributed by atoms with Gasteiger partial charge < -0.3 is 13.7 Å². The second-order valence-corrected chi connectivity index (χ2v) is 3.68. The molecule has 0 saturated carbocycles. The number of nitrogens with zero attached hydrogens (tertiary/aromatic N) is 3. The Morgan fingerprint density at radius 2 is 2.37 bits per heavy atom. The van der Waals surface area contributed by atoms with E-state index >= 15 is 0 Å². The van der Waals surface area contributed by atoms with Crippen molar-refractivity contribution in [1.82, 2.24) is 14.7 Å². The van der Waals surface area contributed by atoms with Crippen LogP contribution in [-0.4, -0.2) is 20.8 Å². The summed E-state index contributed by atoms with van der Waals surface area (Å²) in [5.74, 6) is 1.05. The third kappa shape index (κ3) is 2.39. The van der Waals surface area contributed by atoms with E-state index in [1.807, 2.05) is 0 Å². The molecule has 0 N–H and O–H groups in total. The quantitative estimate of drug-likeness (QED) is 0.717. The molecule has 0 atom stereocenters. The molecule has 3 heterocycles. The highest BCUT2D eigenvalue weighted by Crippen LogP contribution is 2.20. The van der Waals surface area contributed by atoms with Gasteiger partial charge in [-0.3, -0.25) is 0 Å². The molecule has 19 heavy (non-hydrogen) atoms. The molecule has 3 rings (SSSR count). The maximum Gasteiger partial charge on any atom is 0.419 e. The van der Waals surface area contributed by atoms with Crippen molar-refractivity contribution in [3.05, 3.63) is 48.9 Å². The molecule has 3 aromatic heterocycles. The lowest BCUT2D eigenvalue weighted by Gasteiger charge is -2.00. The lowest BCUT2D eigenvalue weighted by Crippen LogP contribution is -2.11. The Hall–Kier alpha value is -2.83. The number of ether oxygens (including phenoxy) is 1. The Bertz CT molecular complexity index is 655. The topological polar surface area (TPSA) is 83.3 Å². The highest BCUT2D eigenvalue weighted by molar-refractivity contribution is 5.69. The second kappa shape index (κ2) is 4.81. The number of aromatic nitrogens is 3. The van der Waals surface area contributed by atoms with Crippen LogP contribution in [0.3, 0.4) is 0 Å². The zero-order valence-corrected chi connectivity index (χ0v) is 9.72. The van der Waals surface area contributed by atoms with Gasteiger partial charge in [0.25, 0.3) is 0 Å². The van der Waals surface area contributed by atoms with Crippen LogP contribution in [-0.2, 0) is 11.3 Å². The SMILES string of the molecule is O=C(OCc1cc(-c2ccco2)on1)n1ccnc1. The fraction of sp³-hybridized carbons (Fsp3) is 0.0833. The van der Waals surface area contributed by atoms with Crippen molar-refractivity contribution in [3.63, 3.8) is 0 Å². The average molecular weight is 259 g/mol. The van der Waals surface area contributed by atoms with Gasteiger partial charge in [0.1, 0.15) is 18.6 Å². The summed E-state index contributed by atoms with van der Waals surface area (Å²) in [4.78, 5) is 15.3. The minimum absolute atomic E-state index is 0.0151. The molecule has 0 amide bonds. The minimum Gasteiger partial charge on any atom is -0.461 e. The van der Waals surface area contributed by atoms with E-state index in [9.17, 15) is 4.79 Å². The lowest BCUT2D eigenvalue weighted by molar-refractivity contribution is 0.138. The molecular formula is C12H9N3O4. The standard InChI is InChI=1S/C12H9N3O4/c16-12(15-4-3-13-8-15)18-7-9-6-11(19-14-9)10-2-1-5-17-10/h1-6,8H,7H2. The first kappa shape index (κ1) is 11.3. The van der Waals surface area contributed by atoms with Crippen LogP contribution in [0, 0.1) is 0 Å². The maximum absolute atomic E-state index is 11.5. The van der Waals surface area contributed by atoms with Gasteiger partial charge in [-0.05, 0) is 12.1 Å². The summed E-state index contributed by atoms with van der Waals surface area (Å²) in [5, 5.41) is 3.79. The summed E-state index contributed by atoms with van der Waals surface area (Å²) in [6, 6.07) is 5.15. The van der Waals surface area contributed by atoms with Crippen molar-refractivity contribution in [2.75, 3.05) is 0 Å². The summed E-state index contributed by atoms with van der Waals surface area (Å²) < 4.78 is 16.5. The molecule has 3 aromatic rings. The lowest BCUT2D eigenvalue weighted by atomic mass is 10.3. The highest BCUT2D eigenvalue weighted by Gasteiger charge is 2.11. The van der Waals surface area contributed by atoms with Gasteiger partial charge in [-0.1, -0.05) is 5.16 Å². The van der Waals surface area contributed by atoms with Gasteiger partial charge in [0.05, 0.1) is 6.26 Å². The summed E-state index contributed by atoms with van der Waals surface area (Å²) in [6.45, 7) is 0.0151. The molecule has 0 unspecified atom stereocenters. The Morgan fingerprint density at radius 3 is 3.11 bits per heavy atom. The van der Waals surface area contributed by atoms with E-state index in [-0.39, 0.29) is 6.61 Å². The molecule has 0 fully saturated rings. The zero-order chi connectivity index (χ0) is 13.1. The monoisotopic (exact) mass is 259 g/mol. The van der Waals surface area contributed by atoms with Gasteiger partial charge in [-0.15, -0.1) is 0 Å². The smallest absolute Gasteiger partial charge is 0.419 e. The molecular weight excluding hydrogens is 250 g/mol. The van der Waals surface area contributed by atoms with E-state index in [0.29, 0.717) is 17.2 Å². The number of hydrogen-bond acceptors (Lipinski definition) is 6. The Labute approximate surface area is 107 Å². The second-order valence-electron chi connectivity index (χ2n) is 3.68. The van der Waals surface area contributed by atoms with Crippen molar-refractivity contribution < 1.29 is 18.5 Å². The Kier molecular flexibility index (Phi) is 2.85. The first-order valence-electron chi connectivity index (χ1n) is 5.47. The molecule has 7 heteroatoms. The summed E-state index contributed by atoms with van der Waals surface area (Å²) in [6.07, 6.45) is 5.36. The Balaban J connectivity index is 1.63. The van der Waals surface area contributed by atoms with Crippen molar-refractivity contribution in [1.29, 1.82) is 0 Å². The Morgan fingerprint density at radius 1 is 1.42 bits per heavy atom. The molecule has 7 nitrogen and oxygen atoms in total. The molecule has 0 aromatic carbocycles. The van der Waals surface area contributed by atoms with Crippen molar-refractivity contribution in [3.8, 4) is 11.5 Å². The number of carbonyl (C=O) groups excluding carboxylic acids is 1. The molecule has 0 radical (unpaired) electrons. The van der Waals surface area contributed by atoms with E-state index in [1.165, 1.54) is 29.6 Å².